The van der Waals surface area contributed by atoms with E-state index >= 15 is 0 Å². The summed E-state index contributed by atoms with van der Waals surface area (Å²) in [5.41, 5.74) is 0.959. The lowest BCUT2D eigenvalue weighted by Gasteiger charge is -2.38. The van der Waals surface area contributed by atoms with E-state index in [1.807, 2.05) is 6.20 Å². The summed E-state index contributed by atoms with van der Waals surface area (Å²) in [5.74, 6) is -0.0955. The Kier molecular flexibility index (Phi) is 3.78. The van der Waals surface area contributed by atoms with Gasteiger partial charge in [0.2, 0.25) is 0 Å². The first-order valence-corrected chi connectivity index (χ1v) is 7.85. The first-order valence-electron chi connectivity index (χ1n) is 7.85. The van der Waals surface area contributed by atoms with Crippen molar-refractivity contribution in [3.63, 3.8) is 0 Å². The van der Waals surface area contributed by atoms with Gasteiger partial charge in [-0.1, -0.05) is 0 Å². The number of likely N-dealkylation sites (N-methyl/N-ethyl adjacent to an activating group) is 1. The minimum atomic E-state index is -0.877. The van der Waals surface area contributed by atoms with Gasteiger partial charge in [0, 0.05) is 44.2 Å². The van der Waals surface area contributed by atoms with Crippen LogP contribution in [0.5, 0.6) is 0 Å². The molecule has 0 radical (unpaired) electrons. The Labute approximate surface area is 137 Å². The third kappa shape index (κ3) is 2.78. The van der Waals surface area contributed by atoms with Gasteiger partial charge < -0.3 is 9.97 Å². The van der Waals surface area contributed by atoms with Crippen LogP contribution in [0.2, 0.25) is 0 Å². The van der Waals surface area contributed by atoms with Crippen LogP contribution in [0.4, 0.5) is 8.78 Å². The second-order valence-electron chi connectivity index (χ2n) is 6.17. The lowest BCUT2D eigenvalue weighted by molar-refractivity contribution is 0.0847. The monoisotopic (exact) mass is 332 g/mol. The minimum absolute atomic E-state index is 0.188. The molecule has 3 heterocycles. The average molecular weight is 332 g/mol. The number of piperazine rings is 1. The van der Waals surface area contributed by atoms with Crippen LogP contribution >= 0.6 is 0 Å². The molecule has 1 unspecified atom stereocenters. The van der Waals surface area contributed by atoms with Crippen molar-refractivity contribution in [3.8, 4) is 0 Å². The average Bonchev–Trinajstić information content (AvgIpc) is 3.19. The summed E-state index contributed by atoms with van der Waals surface area (Å²) in [5, 5.41) is 0. The summed E-state index contributed by atoms with van der Waals surface area (Å²) < 4.78 is 26.6. The lowest BCUT2D eigenvalue weighted by Crippen LogP contribution is -2.46. The maximum Gasteiger partial charge on any atom is 0.161 e. The highest BCUT2D eigenvalue weighted by atomic mass is 19.2. The van der Waals surface area contributed by atoms with Crippen molar-refractivity contribution in [2.45, 2.75) is 12.6 Å². The Balaban J connectivity index is 1.52. The zero-order valence-electron chi connectivity index (χ0n) is 13.3. The number of aromatic nitrogens is 4. The van der Waals surface area contributed by atoms with E-state index in [2.05, 4.69) is 36.8 Å². The predicted octanol–water partition coefficient (Wildman–Crippen LogP) is 2.05. The van der Waals surface area contributed by atoms with Gasteiger partial charge in [-0.3, -0.25) is 9.80 Å². The molecule has 0 aliphatic carbocycles. The molecule has 3 aromatic rings. The van der Waals surface area contributed by atoms with Crippen LogP contribution in [0.25, 0.3) is 11.0 Å². The summed E-state index contributed by atoms with van der Waals surface area (Å²) in [6, 6.07) is 2.46. The van der Waals surface area contributed by atoms with Gasteiger partial charge in [-0.05, 0) is 7.05 Å². The number of nitrogens with one attached hydrogen (secondary N) is 2. The van der Waals surface area contributed by atoms with Gasteiger partial charge in [0.15, 0.2) is 11.6 Å². The summed E-state index contributed by atoms with van der Waals surface area (Å²) in [6.45, 7) is 3.22. The molecule has 0 saturated carbocycles. The van der Waals surface area contributed by atoms with E-state index in [4.69, 9.17) is 0 Å². The van der Waals surface area contributed by atoms with Gasteiger partial charge in [-0.2, -0.15) is 0 Å². The fourth-order valence-corrected chi connectivity index (χ4v) is 3.17. The fourth-order valence-electron chi connectivity index (χ4n) is 3.17. The van der Waals surface area contributed by atoms with E-state index in [1.165, 1.54) is 0 Å². The maximum atomic E-state index is 13.3. The number of halogens is 2. The Morgan fingerprint density at radius 2 is 2.08 bits per heavy atom. The van der Waals surface area contributed by atoms with Crippen LogP contribution in [0, 0.1) is 11.6 Å². The van der Waals surface area contributed by atoms with E-state index < -0.39 is 11.6 Å². The van der Waals surface area contributed by atoms with Crippen molar-refractivity contribution in [1.82, 2.24) is 29.7 Å². The van der Waals surface area contributed by atoms with Gasteiger partial charge in [-0.25, -0.2) is 18.7 Å². The van der Waals surface area contributed by atoms with Crippen LogP contribution in [0.1, 0.15) is 17.7 Å². The number of benzene rings is 1. The molecular weight excluding hydrogens is 314 g/mol. The van der Waals surface area contributed by atoms with Gasteiger partial charge in [0.1, 0.15) is 11.6 Å². The number of hydrogen-bond acceptors (Lipinski definition) is 4. The van der Waals surface area contributed by atoms with Crippen LogP contribution in [0.3, 0.4) is 0 Å². The zero-order valence-corrected chi connectivity index (χ0v) is 13.3. The normalized spacial score (nSPS) is 20.0. The molecule has 1 aliphatic heterocycles. The van der Waals surface area contributed by atoms with E-state index in [0.717, 1.165) is 37.6 Å². The van der Waals surface area contributed by atoms with Crippen molar-refractivity contribution in [3.05, 3.63) is 47.8 Å². The third-order valence-electron chi connectivity index (χ3n) is 4.51. The molecule has 0 spiro atoms. The molecule has 2 N–H and O–H groups in total. The largest absolute Gasteiger partial charge is 0.347 e. The highest BCUT2D eigenvalue weighted by Gasteiger charge is 2.27. The molecule has 8 heteroatoms. The van der Waals surface area contributed by atoms with Crippen molar-refractivity contribution in [1.29, 1.82) is 0 Å². The predicted molar refractivity (Wildman–Crippen MR) is 85.2 cm³/mol. The number of rotatable bonds is 3. The number of hydrogen-bond donors (Lipinski definition) is 2. The summed E-state index contributed by atoms with van der Waals surface area (Å²) in [6.07, 6.45) is 3.58. The summed E-state index contributed by atoms with van der Waals surface area (Å²) >= 11 is 0. The summed E-state index contributed by atoms with van der Waals surface area (Å²) in [4.78, 5) is 19.5. The number of nitrogens with zero attached hydrogens (tertiary/aromatic N) is 4. The van der Waals surface area contributed by atoms with E-state index in [0.29, 0.717) is 23.4 Å². The van der Waals surface area contributed by atoms with Crippen LogP contribution in [-0.4, -0.2) is 56.4 Å². The van der Waals surface area contributed by atoms with Crippen LogP contribution < -0.4 is 0 Å². The smallest absolute Gasteiger partial charge is 0.161 e. The molecule has 1 atom stereocenters. The maximum absolute atomic E-state index is 13.3. The van der Waals surface area contributed by atoms with Crippen LogP contribution in [0.15, 0.2) is 24.5 Å². The van der Waals surface area contributed by atoms with Crippen molar-refractivity contribution >= 4 is 11.0 Å². The zero-order chi connectivity index (χ0) is 16.7. The fraction of sp³-hybridized carbons (Fsp3) is 0.375. The molecule has 6 nitrogen and oxygen atoms in total. The van der Waals surface area contributed by atoms with Crippen molar-refractivity contribution < 1.29 is 8.78 Å². The van der Waals surface area contributed by atoms with Gasteiger partial charge in [0.25, 0.3) is 0 Å². The number of H-pyrrole nitrogens is 2. The minimum Gasteiger partial charge on any atom is -0.347 e. The number of aromatic amines is 2. The molecule has 24 heavy (non-hydrogen) atoms. The van der Waals surface area contributed by atoms with Crippen LogP contribution in [-0.2, 0) is 6.54 Å². The molecule has 1 saturated heterocycles. The lowest BCUT2D eigenvalue weighted by atomic mass is 10.1. The molecule has 126 valence electrons. The van der Waals surface area contributed by atoms with Gasteiger partial charge >= 0.3 is 0 Å². The topological polar surface area (TPSA) is 63.8 Å². The molecule has 4 rings (SSSR count). The molecule has 2 aromatic heterocycles. The summed E-state index contributed by atoms with van der Waals surface area (Å²) in [7, 11) is 2.08. The molecule has 1 aliphatic rings. The molecule has 1 fully saturated rings. The molecule has 0 amide bonds. The molecule has 1 aromatic carbocycles. The van der Waals surface area contributed by atoms with Crippen molar-refractivity contribution in [2.75, 3.05) is 26.7 Å². The number of imidazole rings is 2. The van der Waals surface area contributed by atoms with E-state index in [1.54, 1.807) is 6.20 Å². The first-order chi connectivity index (χ1) is 11.6. The van der Waals surface area contributed by atoms with Gasteiger partial charge in [0.05, 0.1) is 23.6 Å². The Bertz CT molecular complexity index is 805. The van der Waals surface area contributed by atoms with E-state index in [9.17, 15) is 8.78 Å². The van der Waals surface area contributed by atoms with Gasteiger partial charge in [-0.15, -0.1) is 0 Å². The second-order valence-corrected chi connectivity index (χ2v) is 6.17. The molecule has 0 bridgehead atoms. The SMILES string of the molecule is CN1CCN(Cc2nc3cc(F)c(F)cc3[nH]2)CC1c1ncc[nH]1. The highest BCUT2D eigenvalue weighted by Crippen LogP contribution is 2.23. The number of fused-ring (bicyclic) bond motifs is 1. The quantitative estimate of drug-likeness (QED) is 0.771. The third-order valence-corrected chi connectivity index (χ3v) is 4.51. The standard InChI is InChI=1S/C16H18F2N6/c1-23-4-5-24(8-14(23)16-19-2-3-20-16)9-15-21-12-6-10(17)11(18)7-13(12)22-15/h2-3,6-7,14H,4-5,8-9H2,1H3,(H,19,20)(H,21,22). The van der Waals surface area contributed by atoms with Crippen molar-refractivity contribution in [2.24, 2.45) is 0 Å². The second kappa shape index (κ2) is 5.95. The molecular formula is C16H18F2N6. The Hall–Kier alpha value is -2.32. The highest BCUT2D eigenvalue weighted by molar-refractivity contribution is 5.75. The Morgan fingerprint density at radius 1 is 1.25 bits per heavy atom. The van der Waals surface area contributed by atoms with E-state index in [-0.39, 0.29) is 6.04 Å². The Morgan fingerprint density at radius 3 is 2.88 bits per heavy atom. The first kappa shape index (κ1) is 15.2.